The first kappa shape index (κ1) is 16.6. The highest BCUT2D eigenvalue weighted by molar-refractivity contribution is 7.85. The standard InChI is InChI=1S/C14H21ClFNOS/c1-4-10(3)14(17-5-2)9-19(18)11-6-7-13(16)12(15)8-11/h6-8,10,14,17H,4-5,9H2,1-3H3. The lowest BCUT2D eigenvalue weighted by atomic mass is 10.0. The van der Waals surface area contributed by atoms with E-state index in [1.807, 2.05) is 6.92 Å². The van der Waals surface area contributed by atoms with Gasteiger partial charge in [-0.2, -0.15) is 0 Å². The van der Waals surface area contributed by atoms with Crippen LogP contribution < -0.4 is 5.32 Å². The van der Waals surface area contributed by atoms with Crippen molar-refractivity contribution < 1.29 is 8.60 Å². The van der Waals surface area contributed by atoms with Crippen molar-refractivity contribution in [3.8, 4) is 0 Å². The maximum Gasteiger partial charge on any atom is 0.141 e. The van der Waals surface area contributed by atoms with Crippen LogP contribution in [0.5, 0.6) is 0 Å². The molecule has 0 saturated heterocycles. The molecule has 3 unspecified atom stereocenters. The summed E-state index contributed by atoms with van der Waals surface area (Å²) in [5.41, 5.74) is 0. The van der Waals surface area contributed by atoms with Gasteiger partial charge in [0.15, 0.2) is 0 Å². The second-order valence-corrected chi connectivity index (χ2v) is 6.54. The van der Waals surface area contributed by atoms with Crippen LogP contribution in [0.2, 0.25) is 5.02 Å². The molecule has 108 valence electrons. The van der Waals surface area contributed by atoms with E-state index in [4.69, 9.17) is 11.6 Å². The lowest BCUT2D eigenvalue weighted by Crippen LogP contribution is -2.39. The molecule has 2 nitrogen and oxygen atoms in total. The van der Waals surface area contributed by atoms with Gasteiger partial charge in [0, 0.05) is 16.7 Å². The van der Waals surface area contributed by atoms with Crippen LogP contribution in [0, 0.1) is 11.7 Å². The summed E-state index contributed by atoms with van der Waals surface area (Å²) in [6.45, 7) is 7.14. The monoisotopic (exact) mass is 305 g/mol. The Kier molecular flexibility index (Phi) is 6.97. The smallest absolute Gasteiger partial charge is 0.141 e. The molecule has 0 aromatic heterocycles. The first-order valence-electron chi connectivity index (χ1n) is 6.56. The fraction of sp³-hybridized carbons (Fsp3) is 0.571. The summed E-state index contributed by atoms with van der Waals surface area (Å²) in [6.07, 6.45) is 1.03. The molecule has 1 rings (SSSR count). The van der Waals surface area contributed by atoms with Crippen molar-refractivity contribution in [1.29, 1.82) is 0 Å². The lowest BCUT2D eigenvalue weighted by molar-refractivity contribution is 0.401. The van der Waals surface area contributed by atoms with Crippen molar-refractivity contribution in [1.82, 2.24) is 5.32 Å². The molecule has 5 heteroatoms. The molecule has 0 fully saturated rings. The molecule has 0 amide bonds. The normalized spacial score (nSPS) is 16.1. The van der Waals surface area contributed by atoms with Crippen LogP contribution in [0.3, 0.4) is 0 Å². The summed E-state index contributed by atoms with van der Waals surface area (Å²) in [4.78, 5) is 0.581. The summed E-state index contributed by atoms with van der Waals surface area (Å²) in [5, 5.41) is 3.38. The molecule has 3 atom stereocenters. The molecular weight excluding hydrogens is 285 g/mol. The molecule has 1 aromatic rings. The number of nitrogens with one attached hydrogen (secondary N) is 1. The zero-order valence-corrected chi connectivity index (χ0v) is 13.2. The third kappa shape index (κ3) is 4.86. The van der Waals surface area contributed by atoms with E-state index in [1.165, 1.54) is 18.2 Å². The Bertz CT molecular complexity index is 441. The van der Waals surface area contributed by atoms with E-state index in [2.05, 4.69) is 19.2 Å². The van der Waals surface area contributed by atoms with E-state index < -0.39 is 16.6 Å². The Hall–Kier alpha value is -0.450. The second kappa shape index (κ2) is 7.98. The largest absolute Gasteiger partial charge is 0.313 e. The molecule has 0 aliphatic carbocycles. The zero-order chi connectivity index (χ0) is 14.4. The van der Waals surface area contributed by atoms with Crippen LogP contribution in [0.25, 0.3) is 0 Å². The number of benzene rings is 1. The molecule has 0 aliphatic heterocycles. The summed E-state index contributed by atoms with van der Waals surface area (Å²) in [6, 6.07) is 4.45. The van der Waals surface area contributed by atoms with Gasteiger partial charge in [0.2, 0.25) is 0 Å². The quantitative estimate of drug-likeness (QED) is 0.834. The average Bonchev–Trinajstić information content (AvgIpc) is 2.40. The fourth-order valence-corrected chi connectivity index (χ4v) is 3.53. The van der Waals surface area contributed by atoms with E-state index in [0.717, 1.165) is 13.0 Å². The van der Waals surface area contributed by atoms with Crippen molar-refractivity contribution in [2.24, 2.45) is 5.92 Å². The highest BCUT2D eigenvalue weighted by atomic mass is 35.5. The fourth-order valence-electron chi connectivity index (χ4n) is 1.85. The number of hydrogen-bond donors (Lipinski definition) is 1. The first-order chi connectivity index (χ1) is 8.99. The predicted molar refractivity (Wildman–Crippen MR) is 79.6 cm³/mol. The minimum absolute atomic E-state index is 0.0226. The van der Waals surface area contributed by atoms with Crippen molar-refractivity contribution in [2.75, 3.05) is 12.3 Å². The van der Waals surface area contributed by atoms with E-state index in [-0.39, 0.29) is 11.1 Å². The van der Waals surface area contributed by atoms with E-state index in [9.17, 15) is 8.60 Å². The van der Waals surface area contributed by atoms with Crippen LogP contribution in [0.4, 0.5) is 4.39 Å². The van der Waals surface area contributed by atoms with Gasteiger partial charge in [0.1, 0.15) is 5.82 Å². The Morgan fingerprint density at radius 1 is 1.42 bits per heavy atom. The highest BCUT2D eigenvalue weighted by Crippen LogP contribution is 2.20. The van der Waals surface area contributed by atoms with E-state index in [0.29, 0.717) is 16.6 Å². The zero-order valence-electron chi connectivity index (χ0n) is 11.6. The summed E-state index contributed by atoms with van der Waals surface area (Å²) < 4.78 is 25.4. The van der Waals surface area contributed by atoms with Gasteiger partial charge in [-0.1, -0.05) is 38.8 Å². The van der Waals surface area contributed by atoms with E-state index >= 15 is 0 Å². The van der Waals surface area contributed by atoms with Crippen molar-refractivity contribution in [3.63, 3.8) is 0 Å². The summed E-state index contributed by atoms with van der Waals surface area (Å²) in [5.74, 6) is 0.484. The number of halogens is 2. The van der Waals surface area contributed by atoms with Crippen LogP contribution in [0.15, 0.2) is 23.1 Å². The highest BCUT2D eigenvalue weighted by Gasteiger charge is 2.19. The number of hydrogen-bond acceptors (Lipinski definition) is 2. The van der Waals surface area contributed by atoms with Crippen LogP contribution >= 0.6 is 11.6 Å². The molecule has 0 radical (unpaired) electrons. The lowest BCUT2D eigenvalue weighted by Gasteiger charge is -2.23. The van der Waals surface area contributed by atoms with Gasteiger partial charge in [0.05, 0.1) is 15.8 Å². The van der Waals surface area contributed by atoms with Gasteiger partial charge in [-0.25, -0.2) is 4.39 Å². The predicted octanol–water partition coefficient (Wildman–Crippen LogP) is 3.61. The molecule has 0 heterocycles. The van der Waals surface area contributed by atoms with Gasteiger partial charge in [-0.15, -0.1) is 0 Å². The molecule has 0 saturated carbocycles. The van der Waals surface area contributed by atoms with Crippen LogP contribution in [-0.2, 0) is 10.8 Å². The molecule has 19 heavy (non-hydrogen) atoms. The van der Waals surface area contributed by atoms with Gasteiger partial charge in [0.25, 0.3) is 0 Å². The van der Waals surface area contributed by atoms with Gasteiger partial charge < -0.3 is 5.32 Å². The molecule has 0 spiro atoms. The molecule has 0 bridgehead atoms. The van der Waals surface area contributed by atoms with Crippen molar-refractivity contribution >= 4 is 22.4 Å². The maximum absolute atomic E-state index is 13.1. The van der Waals surface area contributed by atoms with Gasteiger partial charge in [-0.3, -0.25) is 4.21 Å². The van der Waals surface area contributed by atoms with Crippen molar-refractivity contribution in [3.05, 3.63) is 29.0 Å². The minimum Gasteiger partial charge on any atom is -0.313 e. The molecular formula is C14H21ClFNOS. The van der Waals surface area contributed by atoms with Crippen LogP contribution in [-0.4, -0.2) is 22.5 Å². The minimum atomic E-state index is -1.17. The molecule has 1 N–H and O–H groups in total. The van der Waals surface area contributed by atoms with Gasteiger partial charge >= 0.3 is 0 Å². The van der Waals surface area contributed by atoms with Gasteiger partial charge in [-0.05, 0) is 30.7 Å². The SMILES string of the molecule is CCNC(CS(=O)c1ccc(F)c(Cl)c1)C(C)CC. The Morgan fingerprint density at radius 2 is 2.11 bits per heavy atom. The third-order valence-electron chi connectivity index (χ3n) is 3.28. The molecule has 1 aromatic carbocycles. The second-order valence-electron chi connectivity index (χ2n) is 4.64. The maximum atomic E-state index is 13.1. The summed E-state index contributed by atoms with van der Waals surface area (Å²) in [7, 11) is -1.17. The van der Waals surface area contributed by atoms with E-state index in [1.54, 1.807) is 0 Å². The topological polar surface area (TPSA) is 29.1 Å². The van der Waals surface area contributed by atoms with Crippen LogP contribution in [0.1, 0.15) is 27.2 Å². The Morgan fingerprint density at radius 3 is 2.63 bits per heavy atom. The number of rotatable bonds is 7. The third-order valence-corrected chi connectivity index (χ3v) is 5.01. The Balaban J connectivity index is 2.78. The molecule has 0 aliphatic rings. The van der Waals surface area contributed by atoms with Crippen molar-refractivity contribution in [2.45, 2.75) is 38.1 Å². The Labute approximate surface area is 122 Å². The average molecular weight is 306 g/mol. The summed E-state index contributed by atoms with van der Waals surface area (Å²) >= 11 is 5.72. The first-order valence-corrected chi connectivity index (χ1v) is 8.26.